The molecule has 31 heavy (non-hydrogen) atoms. The van der Waals surface area contributed by atoms with Crippen molar-refractivity contribution in [2.75, 3.05) is 26.2 Å². The third-order valence-corrected chi connectivity index (χ3v) is 6.72. The number of amides is 1. The van der Waals surface area contributed by atoms with Crippen molar-refractivity contribution in [3.05, 3.63) is 53.1 Å². The number of allylic oxidation sites excluding steroid dienone is 3. The van der Waals surface area contributed by atoms with Gasteiger partial charge < -0.3 is 10.2 Å². The van der Waals surface area contributed by atoms with Crippen LogP contribution in [0.2, 0.25) is 0 Å². The minimum Gasteiger partial charge on any atom is -0.349 e. The summed E-state index contributed by atoms with van der Waals surface area (Å²) in [5.74, 6) is -0.265. The van der Waals surface area contributed by atoms with E-state index >= 15 is 0 Å². The molecule has 0 aliphatic heterocycles. The van der Waals surface area contributed by atoms with Crippen molar-refractivity contribution in [3.63, 3.8) is 0 Å². The molecule has 0 aromatic heterocycles. The normalized spacial score (nSPS) is 19.8. The van der Waals surface area contributed by atoms with Crippen LogP contribution >= 0.6 is 0 Å². The quantitative estimate of drug-likeness (QED) is 0.431. The molecule has 0 saturated carbocycles. The van der Waals surface area contributed by atoms with Crippen LogP contribution in [-0.4, -0.2) is 43.4 Å². The van der Waals surface area contributed by atoms with E-state index in [1.54, 1.807) is 0 Å². The Morgan fingerprint density at radius 1 is 1.16 bits per heavy atom. The molecule has 1 N–H and O–H groups in total. The lowest BCUT2D eigenvalue weighted by Gasteiger charge is -2.34. The van der Waals surface area contributed by atoms with Crippen LogP contribution in [0.15, 0.2) is 42.0 Å². The number of fused-ring (bicyclic) bond motifs is 2. The molecule has 170 valence electrons. The summed E-state index contributed by atoms with van der Waals surface area (Å²) < 4.78 is 25.9. The fraction of sp³-hybridized carbons (Fsp3) is 0.577. The minimum atomic E-state index is -2.55. The van der Waals surface area contributed by atoms with E-state index in [4.69, 9.17) is 0 Å². The zero-order valence-corrected chi connectivity index (χ0v) is 18.9. The highest BCUT2D eigenvalue weighted by molar-refractivity contribution is 6.02. The van der Waals surface area contributed by atoms with E-state index in [9.17, 15) is 13.6 Å². The molecule has 0 spiro atoms. The topological polar surface area (TPSA) is 32.3 Å². The molecule has 3 rings (SSSR count). The summed E-state index contributed by atoms with van der Waals surface area (Å²) in [4.78, 5) is 16.0. The Bertz CT molecular complexity index is 817. The van der Waals surface area contributed by atoms with Gasteiger partial charge in [-0.2, -0.15) is 0 Å². The summed E-state index contributed by atoms with van der Waals surface area (Å²) in [6.07, 6.45) is 8.35. The number of carbonyl (C=O) groups is 1. The van der Waals surface area contributed by atoms with Gasteiger partial charge in [-0.05, 0) is 74.0 Å². The van der Waals surface area contributed by atoms with E-state index in [1.807, 2.05) is 18.2 Å². The number of rotatable bonds is 12. The van der Waals surface area contributed by atoms with Crippen LogP contribution in [-0.2, 0) is 10.2 Å². The van der Waals surface area contributed by atoms with Crippen LogP contribution < -0.4 is 5.32 Å². The van der Waals surface area contributed by atoms with Gasteiger partial charge in [-0.3, -0.25) is 4.79 Å². The predicted molar refractivity (Wildman–Crippen MR) is 123 cm³/mol. The number of nitrogens with zero attached hydrogens (tertiary/aromatic N) is 1. The van der Waals surface area contributed by atoms with Gasteiger partial charge in [0.25, 0.3) is 6.43 Å². The van der Waals surface area contributed by atoms with E-state index in [0.717, 1.165) is 67.6 Å². The monoisotopic (exact) mass is 430 g/mol. The second-order valence-electron chi connectivity index (χ2n) is 8.63. The van der Waals surface area contributed by atoms with E-state index in [2.05, 4.69) is 42.3 Å². The van der Waals surface area contributed by atoms with E-state index in [-0.39, 0.29) is 5.91 Å². The van der Waals surface area contributed by atoms with Crippen molar-refractivity contribution < 1.29 is 13.6 Å². The third kappa shape index (κ3) is 5.08. The molecule has 1 unspecified atom stereocenters. The van der Waals surface area contributed by atoms with Crippen LogP contribution in [0.3, 0.4) is 0 Å². The highest BCUT2D eigenvalue weighted by atomic mass is 19.3. The van der Waals surface area contributed by atoms with Gasteiger partial charge in [-0.15, -0.1) is 0 Å². The highest BCUT2D eigenvalue weighted by Gasteiger charge is 2.49. The van der Waals surface area contributed by atoms with Crippen LogP contribution in [0.1, 0.15) is 69.9 Å². The number of carbonyl (C=O) groups excluding carboxylic acids is 1. The van der Waals surface area contributed by atoms with Crippen molar-refractivity contribution in [1.82, 2.24) is 10.2 Å². The number of nitrogens with one attached hydrogen (secondary N) is 1. The summed E-state index contributed by atoms with van der Waals surface area (Å²) in [6, 6.07) is 8.03. The van der Waals surface area contributed by atoms with Crippen LogP contribution in [0, 0.1) is 0 Å². The highest BCUT2D eigenvalue weighted by Crippen LogP contribution is 2.53. The number of alkyl halides is 2. The minimum absolute atomic E-state index is 0.265. The molecule has 5 heteroatoms. The number of unbranched alkanes of at least 4 members (excludes halogenated alkanes) is 2. The smallest absolute Gasteiger partial charge is 0.255 e. The summed E-state index contributed by atoms with van der Waals surface area (Å²) >= 11 is 0. The molecule has 3 nitrogen and oxygen atoms in total. The lowest BCUT2D eigenvalue weighted by molar-refractivity contribution is -0.126. The first-order chi connectivity index (χ1) is 15.0. The first-order valence-corrected chi connectivity index (χ1v) is 11.8. The Balaban J connectivity index is 1.84. The molecule has 0 heterocycles. The Morgan fingerprint density at radius 2 is 1.94 bits per heavy atom. The van der Waals surface area contributed by atoms with Gasteiger partial charge in [0.05, 0.1) is 12.0 Å². The molecule has 1 aromatic rings. The second-order valence-corrected chi connectivity index (χ2v) is 8.63. The van der Waals surface area contributed by atoms with Gasteiger partial charge in [0.2, 0.25) is 5.91 Å². The third-order valence-electron chi connectivity index (χ3n) is 6.72. The fourth-order valence-electron chi connectivity index (χ4n) is 5.13. The number of hydrogen-bond acceptors (Lipinski definition) is 2. The fourth-order valence-corrected chi connectivity index (χ4v) is 5.13. The number of halogens is 2. The Morgan fingerprint density at radius 3 is 2.68 bits per heavy atom. The molecule has 0 saturated heterocycles. The summed E-state index contributed by atoms with van der Waals surface area (Å²) in [6.45, 7) is 6.95. The van der Waals surface area contributed by atoms with Crippen LogP contribution in [0.25, 0.3) is 5.57 Å². The molecule has 0 radical (unpaired) electrons. The van der Waals surface area contributed by atoms with Crippen molar-refractivity contribution in [3.8, 4) is 0 Å². The van der Waals surface area contributed by atoms with E-state index in [1.165, 1.54) is 12.8 Å². The molecule has 1 aromatic carbocycles. The van der Waals surface area contributed by atoms with Crippen molar-refractivity contribution in [1.29, 1.82) is 0 Å². The zero-order valence-electron chi connectivity index (χ0n) is 18.9. The maximum Gasteiger partial charge on any atom is 0.255 e. The molecular weight excluding hydrogens is 394 g/mol. The molecule has 0 fully saturated rings. The van der Waals surface area contributed by atoms with E-state index < -0.39 is 18.4 Å². The predicted octanol–water partition coefficient (Wildman–Crippen LogP) is 5.72. The summed E-state index contributed by atoms with van der Waals surface area (Å²) in [5, 5.41) is 2.57. The lowest BCUT2D eigenvalue weighted by atomic mass is 9.70. The first-order valence-electron chi connectivity index (χ1n) is 11.8. The molecule has 1 atom stereocenters. The average molecular weight is 431 g/mol. The summed E-state index contributed by atoms with van der Waals surface area (Å²) in [5.41, 5.74) is 3.47. The molecule has 2 aliphatic rings. The van der Waals surface area contributed by atoms with Gasteiger partial charge in [0.15, 0.2) is 0 Å². The molecule has 1 amide bonds. The molecule has 2 aliphatic carbocycles. The lowest BCUT2D eigenvalue weighted by Crippen LogP contribution is -2.46. The second kappa shape index (κ2) is 11.0. The SMILES string of the molecule is CCCCN(CC)CCCCC1(C(=O)NCC(F)F)C2=C(C=CCC2)c2ccccc21. The standard InChI is InChI=1S/C26H36F2N2O/c1-3-5-17-30(4-2)18-11-10-16-26(25(31)29-19-24(27)28)22-14-8-6-12-20(22)21-13-7-9-15-23(21)26/h6-8,12-14,24H,3-5,9-11,15-19H2,1-2H3,(H,29,31). The van der Waals surface area contributed by atoms with Gasteiger partial charge in [-0.1, -0.05) is 63.1 Å². The van der Waals surface area contributed by atoms with Gasteiger partial charge in [0, 0.05) is 0 Å². The van der Waals surface area contributed by atoms with E-state index in [0.29, 0.717) is 6.42 Å². The average Bonchev–Trinajstić information content (AvgIpc) is 3.08. The Kier molecular flexibility index (Phi) is 8.42. The zero-order chi connectivity index (χ0) is 22.3. The maximum atomic E-state index is 13.5. The van der Waals surface area contributed by atoms with Crippen molar-refractivity contribution in [2.24, 2.45) is 0 Å². The molecule has 0 bridgehead atoms. The van der Waals surface area contributed by atoms with Gasteiger partial charge >= 0.3 is 0 Å². The van der Waals surface area contributed by atoms with Crippen LogP contribution in [0.4, 0.5) is 8.78 Å². The first kappa shape index (κ1) is 23.6. The van der Waals surface area contributed by atoms with Gasteiger partial charge in [-0.25, -0.2) is 8.78 Å². The largest absolute Gasteiger partial charge is 0.349 e. The maximum absolute atomic E-state index is 13.5. The molecular formula is C26H36F2N2O. The van der Waals surface area contributed by atoms with Crippen molar-refractivity contribution >= 4 is 11.5 Å². The van der Waals surface area contributed by atoms with Gasteiger partial charge in [0.1, 0.15) is 0 Å². The number of hydrogen-bond donors (Lipinski definition) is 1. The van der Waals surface area contributed by atoms with Crippen LogP contribution in [0.5, 0.6) is 0 Å². The number of benzene rings is 1. The Hall–Kier alpha value is -2.01. The Labute approximate surface area is 185 Å². The summed E-state index contributed by atoms with van der Waals surface area (Å²) in [7, 11) is 0. The van der Waals surface area contributed by atoms with Crippen molar-refractivity contribution in [2.45, 2.75) is 70.6 Å².